The smallest absolute Gasteiger partial charge is 0.312 e. The lowest BCUT2D eigenvalue weighted by Crippen LogP contribution is -2.37. The van der Waals surface area contributed by atoms with Crippen molar-refractivity contribution in [3.63, 3.8) is 0 Å². The van der Waals surface area contributed by atoms with Gasteiger partial charge in [0.1, 0.15) is 0 Å². The van der Waals surface area contributed by atoms with Gasteiger partial charge in [0.15, 0.2) is 0 Å². The minimum Gasteiger partial charge on any atom is -0.312 e. The van der Waals surface area contributed by atoms with Crippen LogP contribution in [0.1, 0.15) is 20.3 Å². The van der Waals surface area contributed by atoms with E-state index < -0.39 is 12.6 Å². The number of hydrogen-bond acceptors (Lipinski definition) is 1. The maximum Gasteiger partial charge on any atom is 0.390 e. The molecular formula is C8H15ClF3N. The first-order valence-electron chi connectivity index (χ1n) is 4.23. The topological polar surface area (TPSA) is 12.0 Å². The van der Waals surface area contributed by atoms with Crippen LogP contribution >= 0.6 is 11.6 Å². The number of alkyl halides is 4. The predicted molar refractivity (Wildman–Crippen MR) is 48.0 cm³/mol. The summed E-state index contributed by atoms with van der Waals surface area (Å²) in [5.74, 6) is 0.598. The molecule has 0 aromatic heterocycles. The van der Waals surface area contributed by atoms with E-state index in [4.69, 9.17) is 11.6 Å². The summed E-state index contributed by atoms with van der Waals surface area (Å²) >= 11 is 5.57. The summed E-state index contributed by atoms with van der Waals surface area (Å²) in [6.07, 6.45) is -4.88. The third kappa shape index (κ3) is 7.14. The SMILES string of the molecule is CC(C)C(CCl)NCCC(F)(F)F. The molecular weight excluding hydrogens is 203 g/mol. The van der Waals surface area contributed by atoms with Crippen LogP contribution in [0.25, 0.3) is 0 Å². The van der Waals surface area contributed by atoms with Crippen molar-refractivity contribution in [3.8, 4) is 0 Å². The van der Waals surface area contributed by atoms with Crippen LogP contribution in [-0.4, -0.2) is 24.6 Å². The molecule has 0 aromatic carbocycles. The molecule has 1 N–H and O–H groups in total. The first kappa shape index (κ1) is 13.0. The zero-order chi connectivity index (χ0) is 10.5. The molecule has 13 heavy (non-hydrogen) atoms. The molecule has 0 aliphatic heterocycles. The van der Waals surface area contributed by atoms with Gasteiger partial charge in [-0.2, -0.15) is 13.2 Å². The van der Waals surface area contributed by atoms with Gasteiger partial charge >= 0.3 is 6.18 Å². The van der Waals surface area contributed by atoms with E-state index in [1.54, 1.807) is 0 Å². The highest BCUT2D eigenvalue weighted by Gasteiger charge is 2.26. The zero-order valence-corrected chi connectivity index (χ0v) is 8.54. The van der Waals surface area contributed by atoms with Crippen molar-refractivity contribution in [2.24, 2.45) is 5.92 Å². The maximum atomic E-state index is 11.7. The summed E-state index contributed by atoms with van der Waals surface area (Å²) in [6, 6.07) is -0.0379. The monoisotopic (exact) mass is 217 g/mol. The molecule has 0 heterocycles. The van der Waals surface area contributed by atoms with Crippen molar-refractivity contribution in [3.05, 3.63) is 0 Å². The molecule has 0 amide bonds. The Hall–Kier alpha value is 0.0400. The lowest BCUT2D eigenvalue weighted by molar-refractivity contribution is -0.133. The second kappa shape index (κ2) is 5.70. The van der Waals surface area contributed by atoms with Gasteiger partial charge in [0.05, 0.1) is 6.42 Å². The van der Waals surface area contributed by atoms with Crippen molar-refractivity contribution in [2.45, 2.75) is 32.5 Å². The van der Waals surface area contributed by atoms with Crippen molar-refractivity contribution in [1.82, 2.24) is 5.32 Å². The quantitative estimate of drug-likeness (QED) is 0.699. The minimum atomic E-state index is -4.08. The largest absolute Gasteiger partial charge is 0.390 e. The molecule has 0 radical (unpaired) electrons. The molecule has 0 aromatic rings. The summed E-state index contributed by atoms with van der Waals surface area (Å²) in [4.78, 5) is 0. The third-order valence-corrected chi connectivity index (χ3v) is 2.12. The Morgan fingerprint density at radius 2 is 1.85 bits per heavy atom. The Labute approximate surface area is 81.6 Å². The summed E-state index contributed by atoms with van der Waals surface area (Å²) in [5.41, 5.74) is 0. The Morgan fingerprint density at radius 1 is 1.31 bits per heavy atom. The predicted octanol–water partition coefficient (Wildman–Crippen LogP) is 2.79. The van der Waals surface area contributed by atoms with Crippen molar-refractivity contribution >= 4 is 11.6 Å². The summed E-state index contributed by atoms with van der Waals surface area (Å²) in [7, 11) is 0. The molecule has 0 rings (SSSR count). The highest BCUT2D eigenvalue weighted by atomic mass is 35.5. The highest BCUT2D eigenvalue weighted by molar-refractivity contribution is 6.18. The van der Waals surface area contributed by atoms with E-state index in [1.165, 1.54) is 0 Å². The second-order valence-electron chi connectivity index (χ2n) is 3.32. The van der Waals surface area contributed by atoms with E-state index in [0.29, 0.717) is 5.88 Å². The summed E-state index contributed by atoms with van der Waals surface area (Å²) < 4.78 is 35.2. The highest BCUT2D eigenvalue weighted by Crippen LogP contribution is 2.18. The summed E-state index contributed by atoms with van der Waals surface area (Å²) in [5, 5.41) is 2.77. The first-order chi connectivity index (χ1) is 5.87. The van der Waals surface area contributed by atoms with Crippen LogP contribution in [0.2, 0.25) is 0 Å². The van der Waals surface area contributed by atoms with Gasteiger partial charge in [-0.25, -0.2) is 0 Å². The Bertz CT molecular complexity index is 136. The molecule has 0 fully saturated rings. The summed E-state index contributed by atoms with van der Waals surface area (Å²) in [6.45, 7) is 3.79. The number of halogens is 4. The van der Waals surface area contributed by atoms with E-state index in [-0.39, 0.29) is 18.5 Å². The lowest BCUT2D eigenvalue weighted by Gasteiger charge is -2.20. The van der Waals surface area contributed by atoms with E-state index >= 15 is 0 Å². The number of hydrogen-bond donors (Lipinski definition) is 1. The lowest BCUT2D eigenvalue weighted by atomic mass is 10.1. The fraction of sp³-hybridized carbons (Fsp3) is 1.00. The molecule has 0 saturated heterocycles. The normalized spacial score (nSPS) is 15.0. The zero-order valence-electron chi connectivity index (χ0n) is 7.79. The van der Waals surface area contributed by atoms with Gasteiger partial charge < -0.3 is 5.32 Å². The van der Waals surface area contributed by atoms with E-state index in [9.17, 15) is 13.2 Å². The van der Waals surface area contributed by atoms with Crippen LogP contribution in [-0.2, 0) is 0 Å². The number of nitrogens with one attached hydrogen (secondary N) is 1. The Morgan fingerprint density at radius 3 is 2.15 bits per heavy atom. The van der Waals surface area contributed by atoms with E-state index in [0.717, 1.165) is 0 Å². The molecule has 5 heteroatoms. The molecule has 0 aliphatic carbocycles. The molecule has 0 aliphatic rings. The first-order valence-corrected chi connectivity index (χ1v) is 4.76. The Kier molecular flexibility index (Phi) is 5.72. The van der Waals surface area contributed by atoms with E-state index in [1.807, 2.05) is 13.8 Å². The molecule has 80 valence electrons. The van der Waals surface area contributed by atoms with Crippen molar-refractivity contribution in [1.29, 1.82) is 0 Å². The van der Waals surface area contributed by atoms with Crippen LogP contribution in [0, 0.1) is 5.92 Å². The molecule has 0 saturated carbocycles. The van der Waals surface area contributed by atoms with Crippen LogP contribution in [0.3, 0.4) is 0 Å². The average molecular weight is 218 g/mol. The Balaban J connectivity index is 3.62. The van der Waals surface area contributed by atoms with Crippen molar-refractivity contribution < 1.29 is 13.2 Å². The minimum absolute atomic E-state index is 0.0379. The second-order valence-corrected chi connectivity index (χ2v) is 3.63. The van der Waals surface area contributed by atoms with Gasteiger partial charge in [0.25, 0.3) is 0 Å². The third-order valence-electron chi connectivity index (χ3n) is 1.79. The molecule has 1 atom stereocenters. The molecule has 0 bridgehead atoms. The standard InChI is InChI=1S/C8H15ClF3N/c1-6(2)7(5-9)13-4-3-8(10,11)12/h6-7,13H,3-5H2,1-2H3. The maximum absolute atomic E-state index is 11.7. The van der Waals surface area contributed by atoms with Gasteiger partial charge in [0.2, 0.25) is 0 Å². The fourth-order valence-electron chi connectivity index (χ4n) is 0.868. The molecule has 1 unspecified atom stereocenters. The fourth-order valence-corrected chi connectivity index (χ4v) is 1.33. The van der Waals surface area contributed by atoms with Crippen LogP contribution < -0.4 is 5.32 Å². The number of rotatable bonds is 5. The van der Waals surface area contributed by atoms with Crippen molar-refractivity contribution in [2.75, 3.05) is 12.4 Å². The average Bonchev–Trinajstić information content (AvgIpc) is 1.95. The van der Waals surface area contributed by atoms with Crippen LogP contribution in [0.15, 0.2) is 0 Å². The van der Waals surface area contributed by atoms with Crippen LogP contribution in [0.4, 0.5) is 13.2 Å². The van der Waals surface area contributed by atoms with Crippen LogP contribution in [0.5, 0.6) is 0 Å². The molecule has 0 spiro atoms. The molecule has 1 nitrogen and oxygen atoms in total. The van der Waals surface area contributed by atoms with Gasteiger partial charge in [-0.05, 0) is 5.92 Å². The van der Waals surface area contributed by atoms with Gasteiger partial charge in [-0.15, -0.1) is 11.6 Å². The van der Waals surface area contributed by atoms with Gasteiger partial charge in [-0.1, -0.05) is 13.8 Å². The van der Waals surface area contributed by atoms with Gasteiger partial charge in [-0.3, -0.25) is 0 Å². The van der Waals surface area contributed by atoms with Gasteiger partial charge in [0, 0.05) is 18.5 Å². The van der Waals surface area contributed by atoms with E-state index in [2.05, 4.69) is 5.32 Å².